The first-order chi connectivity index (χ1) is 3.89. The number of primary amides is 1. The highest BCUT2D eigenvalue weighted by Crippen LogP contribution is 2.06. The fourth-order valence-corrected chi connectivity index (χ4v) is 0.206. The molecule has 9 heavy (non-hydrogen) atoms. The number of aliphatic hydroxyl groups excluding tert-OH is 1. The average Bonchev–Trinajstić information content (AvgIpc) is 1.65. The molecule has 0 aliphatic heterocycles. The van der Waals surface area contributed by atoms with Crippen molar-refractivity contribution in [2.24, 2.45) is 5.73 Å². The summed E-state index contributed by atoms with van der Waals surface area (Å²) in [4.78, 5) is 10.3. The second kappa shape index (κ2) is 2.33. The van der Waals surface area contributed by atoms with Crippen LogP contribution in [0.15, 0.2) is 0 Å². The summed E-state index contributed by atoms with van der Waals surface area (Å²) in [5.41, 5.74) is 2.92. The summed E-state index contributed by atoms with van der Waals surface area (Å²) in [5.74, 6) is -0.919. The molecule has 0 spiro atoms. The van der Waals surface area contributed by atoms with Crippen LogP contribution in [-0.4, -0.2) is 27.8 Å². The first kappa shape index (κ1) is 8.39. The van der Waals surface area contributed by atoms with Crippen molar-refractivity contribution in [3.63, 3.8) is 0 Å². The number of carbonyl (C=O) groups is 1. The molecule has 4 heteroatoms. The molecule has 0 heterocycles. The van der Waals surface area contributed by atoms with Crippen molar-refractivity contribution >= 4 is 5.91 Å². The Morgan fingerprint density at radius 2 is 2.11 bits per heavy atom. The van der Waals surface area contributed by atoms with Crippen molar-refractivity contribution in [3.05, 3.63) is 0 Å². The molecule has 2 unspecified atom stereocenters. The lowest BCUT2D eigenvalue weighted by molar-refractivity contribution is -0.144. The maximum Gasteiger partial charge on any atom is 0.251 e. The van der Waals surface area contributed by atoms with Crippen LogP contribution >= 0.6 is 0 Å². The molecule has 0 saturated heterocycles. The summed E-state index contributed by atoms with van der Waals surface area (Å²) < 4.78 is 0. The predicted molar refractivity (Wildman–Crippen MR) is 31.5 cm³/mol. The zero-order chi connectivity index (χ0) is 7.65. The molecule has 0 saturated carbocycles. The molecule has 0 aromatic carbocycles. The molecule has 4 nitrogen and oxygen atoms in total. The molecule has 0 aliphatic rings. The van der Waals surface area contributed by atoms with E-state index >= 15 is 0 Å². The van der Waals surface area contributed by atoms with E-state index in [2.05, 4.69) is 0 Å². The first-order valence-electron chi connectivity index (χ1n) is 2.59. The zero-order valence-electron chi connectivity index (χ0n) is 5.46. The summed E-state index contributed by atoms with van der Waals surface area (Å²) in [5, 5.41) is 17.6. The molecule has 0 rings (SSSR count). The number of hydrogen-bond donors (Lipinski definition) is 3. The SMILES string of the molecule is CC(O)C(C)(O)C(N)=O. The highest BCUT2D eigenvalue weighted by Gasteiger charge is 2.32. The predicted octanol–water partition coefficient (Wildman–Crippen LogP) is -1.40. The number of carbonyl (C=O) groups excluding carboxylic acids is 1. The van der Waals surface area contributed by atoms with Crippen molar-refractivity contribution < 1.29 is 15.0 Å². The van der Waals surface area contributed by atoms with E-state index in [1.54, 1.807) is 0 Å². The van der Waals surface area contributed by atoms with Crippen molar-refractivity contribution in [2.75, 3.05) is 0 Å². The van der Waals surface area contributed by atoms with Crippen LogP contribution in [0.1, 0.15) is 13.8 Å². The van der Waals surface area contributed by atoms with E-state index < -0.39 is 17.6 Å². The molecule has 0 radical (unpaired) electrons. The van der Waals surface area contributed by atoms with Crippen LogP contribution in [-0.2, 0) is 4.79 Å². The van der Waals surface area contributed by atoms with E-state index in [4.69, 9.17) is 15.9 Å². The second-order valence-corrected chi connectivity index (χ2v) is 2.19. The van der Waals surface area contributed by atoms with E-state index in [-0.39, 0.29) is 0 Å². The number of nitrogens with two attached hydrogens (primary N) is 1. The Balaban J connectivity index is 4.19. The molecule has 0 aromatic rings. The molecule has 2 atom stereocenters. The summed E-state index contributed by atoms with van der Waals surface area (Å²) in [6, 6.07) is 0. The monoisotopic (exact) mass is 133 g/mol. The zero-order valence-corrected chi connectivity index (χ0v) is 5.46. The molecule has 0 aromatic heterocycles. The van der Waals surface area contributed by atoms with Crippen molar-refractivity contribution in [3.8, 4) is 0 Å². The summed E-state index contributed by atoms with van der Waals surface area (Å²) in [6.07, 6.45) is -1.13. The van der Waals surface area contributed by atoms with Gasteiger partial charge < -0.3 is 15.9 Å². The van der Waals surface area contributed by atoms with Gasteiger partial charge in [0.05, 0.1) is 6.10 Å². The van der Waals surface area contributed by atoms with Crippen molar-refractivity contribution in [1.82, 2.24) is 0 Å². The van der Waals surface area contributed by atoms with Gasteiger partial charge in [0, 0.05) is 0 Å². The van der Waals surface area contributed by atoms with Gasteiger partial charge in [0.2, 0.25) is 0 Å². The van der Waals surface area contributed by atoms with E-state index in [9.17, 15) is 4.79 Å². The Morgan fingerprint density at radius 1 is 1.78 bits per heavy atom. The van der Waals surface area contributed by atoms with E-state index in [1.807, 2.05) is 0 Å². The van der Waals surface area contributed by atoms with Gasteiger partial charge >= 0.3 is 0 Å². The quantitative estimate of drug-likeness (QED) is 0.433. The van der Waals surface area contributed by atoms with Crippen LogP contribution in [0.4, 0.5) is 0 Å². The Morgan fingerprint density at radius 3 is 2.11 bits per heavy atom. The van der Waals surface area contributed by atoms with Gasteiger partial charge in [-0.2, -0.15) is 0 Å². The van der Waals surface area contributed by atoms with Gasteiger partial charge in [-0.15, -0.1) is 0 Å². The topological polar surface area (TPSA) is 83.6 Å². The molecule has 1 amide bonds. The highest BCUT2D eigenvalue weighted by molar-refractivity contribution is 5.83. The third kappa shape index (κ3) is 1.65. The minimum absolute atomic E-state index is 0.919. The molecule has 54 valence electrons. The van der Waals surface area contributed by atoms with Gasteiger partial charge in [0.15, 0.2) is 5.60 Å². The molecule has 0 aliphatic carbocycles. The second-order valence-electron chi connectivity index (χ2n) is 2.19. The number of amides is 1. The van der Waals surface area contributed by atoms with Gasteiger partial charge in [-0.1, -0.05) is 0 Å². The molecule has 0 bridgehead atoms. The lowest BCUT2D eigenvalue weighted by atomic mass is 10.0. The van der Waals surface area contributed by atoms with Gasteiger partial charge in [-0.05, 0) is 13.8 Å². The fraction of sp³-hybridized carbons (Fsp3) is 0.800. The highest BCUT2D eigenvalue weighted by atomic mass is 16.3. The Bertz CT molecular complexity index is 119. The summed E-state index contributed by atoms with van der Waals surface area (Å²) >= 11 is 0. The first-order valence-corrected chi connectivity index (χ1v) is 2.59. The molecular formula is C5H11NO3. The van der Waals surface area contributed by atoms with Crippen LogP contribution in [0, 0.1) is 0 Å². The lowest BCUT2D eigenvalue weighted by Crippen LogP contribution is -2.49. The van der Waals surface area contributed by atoms with Crippen molar-refractivity contribution in [1.29, 1.82) is 0 Å². The van der Waals surface area contributed by atoms with Crippen LogP contribution in [0.25, 0.3) is 0 Å². The Labute approximate surface area is 53.3 Å². The van der Waals surface area contributed by atoms with E-state index in [0.29, 0.717) is 0 Å². The Kier molecular flexibility index (Phi) is 2.17. The minimum Gasteiger partial charge on any atom is -0.390 e. The van der Waals surface area contributed by atoms with Crippen molar-refractivity contribution in [2.45, 2.75) is 25.6 Å². The third-order valence-electron chi connectivity index (χ3n) is 1.31. The van der Waals surface area contributed by atoms with E-state index in [0.717, 1.165) is 0 Å². The number of aliphatic hydroxyl groups is 2. The number of hydrogen-bond acceptors (Lipinski definition) is 3. The van der Waals surface area contributed by atoms with Crippen LogP contribution in [0.5, 0.6) is 0 Å². The molecule has 0 fully saturated rings. The number of rotatable bonds is 2. The van der Waals surface area contributed by atoms with Crippen LogP contribution < -0.4 is 5.73 Å². The smallest absolute Gasteiger partial charge is 0.251 e. The van der Waals surface area contributed by atoms with Crippen LogP contribution in [0.2, 0.25) is 0 Å². The normalized spacial score (nSPS) is 20.4. The van der Waals surface area contributed by atoms with Gasteiger partial charge in [0.1, 0.15) is 0 Å². The third-order valence-corrected chi connectivity index (χ3v) is 1.31. The summed E-state index contributed by atoms with van der Waals surface area (Å²) in [6.45, 7) is 2.46. The maximum atomic E-state index is 10.3. The van der Waals surface area contributed by atoms with Crippen LogP contribution in [0.3, 0.4) is 0 Å². The van der Waals surface area contributed by atoms with Gasteiger partial charge in [-0.25, -0.2) is 0 Å². The largest absolute Gasteiger partial charge is 0.390 e. The standard InChI is InChI=1S/C5H11NO3/c1-3(7)5(2,9)4(6)8/h3,7,9H,1-2H3,(H2,6,8). The Hall–Kier alpha value is -0.610. The average molecular weight is 133 g/mol. The van der Waals surface area contributed by atoms with E-state index in [1.165, 1.54) is 13.8 Å². The fourth-order valence-electron chi connectivity index (χ4n) is 0.206. The van der Waals surface area contributed by atoms with Gasteiger partial charge in [0.25, 0.3) is 5.91 Å². The lowest BCUT2D eigenvalue weighted by Gasteiger charge is -2.21. The molecular weight excluding hydrogens is 122 g/mol. The summed E-state index contributed by atoms with van der Waals surface area (Å²) in [7, 11) is 0. The van der Waals surface area contributed by atoms with Gasteiger partial charge in [-0.3, -0.25) is 4.79 Å². The minimum atomic E-state index is -1.81. The molecule has 4 N–H and O–H groups in total. The maximum absolute atomic E-state index is 10.3.